The van der Waals surface area contributed by atoms with Crippen LogP contribution in [-0.2, 0) is 6.42 Å². The molecule has 2 nitrogen and oxygen atoms in total. The normalized spacial score (nSPS) is 12.4. The van der Waals surface area contributed by atoms with Crippen molar-refractivity contribution in [2.75, 3.05) is 7.11 Å². The maximum Gasteiger partial charge on any atom is 0.118 e. The van der Waals surface area contributed by atoms with Gasteiger partial charge in [0, 0.05) is 9.75 Å². The van der Waals surface area contributed by atoms with Crippen LogP contribution < -0.4 is 4.74 Å². The Hall–Kier alpha value is -1.32. The molecule has 1 heterocycles. The zero-order chi connectivity index (χ0) is 12.3. The topological polar surface area (TPSA) is 29.5 Å². The second kappa shape index (κ2) is 5.34. The van der Waals surface area contributed by atoms with E-state index in [0.29, 0.717) is 0 Å². The van der Waals surface area contributed by atoms with E-state index in [1.807, 2.05) is 30.3 Å². The number of rotatable bonds is 4. The molecule has 0 aliphatic carbocycles. The Kier molecular flexibility index (Phi) is 3.82. The fraction of sp³-hybridized carbons (Fsp3) is 0.286. The number of hydrogen-bond donors (Lipinski definition) is 1. The molecule has 1 unspecified atom stereocenters. The number of hydrogen-bond acceptors (Lipinski definition) is 3. The molecule has 1 atom stereocenters. The van der Waals surface area contributed by atoms with Crippen LogP contribution in [0.5, 0.6) is 5.75 Å². The summed E-state index contributed by atoms with van der Waals surface area (Å²) in [6, 6.07) is 11.6. The maximum absolute atomic E-state index is 10.2. The zero-order valence-electron chi connectivity index (χ0n) is 10.0. The molecule has 0 aliphatic rings. The number of benzene rings is 1. The molecule has 0 spiro atoms. The summed E-state index contributed by atoms with van der Waals surface area (Å²) in [6.45, 7) is 2.12. The second-order valence-electron chi connectivity index (χ2n) is 3.83. The van der Waals surface area contributed by atoms with Crippen molar-refractivity contribution in [2.45, 2.75) is 19.4 Å². The number of ether oxygens (including phenoxy) is 1. The quantitative estimate of drug-likeness (QED) is 0.898. The molecule has 0 amide bonds. The molecule has 17 heavy (non-hydrogen) atoms. The molecular weight excluding hydrogens is 232 g/mol. The monoisotopic (exact) mass is 248 g/mol. The summed E-state index contributed by atoms with van der Waals surface area (Å²) in [5.41, 5.74) is 0.898. The molecule has 90 valence electrons. The van der Waals surface area contributed by atoms with Crippen molar-refractivity contribution < 1.29 is 9.84 Å². The minimum absolute atomic E-state index is 0.536. The Bertz CT molecular complexity index is 473. The van der Waals surface area contributed by atoms with Gasteiger partial charge >= 0.3 is 0 Å². The molecule has 1 aromatic heterocycles. The van der Waals surface area contributed by atoms with Crippen molar-refractivity contribution >= 4 is 11.3 Å². The van der Waals surface area contributed by atoms with E-state index in [1.54, 1.807) is 18.4 Å². The summed E-state index contributed by atoms with van der Waals surface area (Å²) in [7, 11) is 1.64. The lowest BCUT2D eigenvalue weighted by atomic mass is 10.1. The van der Waals surface area contributed by atoms with Gasteiger partial charge < -0.3 is 9.84 Å². The standard InChI is InChI=1S/C14H16O2S/c1-3-12-8-9-13(17-12)14(15)10-4-6-11(16-2)7-5-10/h4-9,14-15H,3H2,1-2H3. The highest BCUT2D eigenvalue weighted by atomic mass is 32.1. The SMILES string of the molecule is CCc1ccc(C(O)c2ccc(OC)cc2)s1. The van der Waals surface area contributed by atoms with Gasteiger partial charge in [-0.3, -0.25) is 0 Å². The summed E-state index contributed by atoms with van der Waals surface area (Å²) >= 11 is 1.66. The fourth-order valence-electron chi connectivity index (χ4n) is 1.68. The van der Waals surface area contributed by atoms with Gasteiger partial charge in [-0.2, -0.15) is 0 Å². The van der Waals surface area contributed by atoms with Crippen LogP contribution in [0.1, 0.15) is 28.3 Å². The summed E-state index contributed by atoms with van der Waals surface area (Å²) in [6.07, 6.45) is 0.478. The molecule has 0 fully saturated rings. The number of methoxy groups -OCH3 is 1. The third-order valence-electron chi connectivity index (χ3n) is 2.73. The molecule has 0 radical (unpaired) electrons. The second-order valence-corrected chi connectivity index (χ2v) is 5.03. The smallest absolute Gasteiger partial charge is 0.118 e. The van der Waals surface area contributed by atoms with E-state index in [0.717, 1.165) is 22.6 Å². The molecule has 1 N–H and O–H groups in total. The Morgan fingerprint density at radius 1 is 1.18 bits per heavy atom. The molecule has 2 rings (SSSR count). The van der Waals surface area contributed by atoms with Crippen LogP contribution >= 0.6 is 11.3 Å². The summed E-state index contributed by atoms with van der Waals surface area (Å²) in [5.74, 6) is 0.807. The molecule has 0 saturated heterocycles. The molecule has 2 aromatic rings. The predicted octanol–water partition coefficient (Wildman–Crippen LogP) is 3.40. The molecule has 1 aromatic carbocycles. The number of aliphatic hydroxyl groups excluding tert-OH is 1. The Labute approximate surface area is 105 Å². The van der Waals surface area contributed by atoms with Gasteiger partial charge in [0.15, 0.2) is 0 Å². The first-order chi connectivity index (χ1) is 8.24. The Balaban J connectivity index is 2.20. The number of thiophene rings is 1. The molecule has 0 bridgehead atoms. The van der Waals surface area contributed by atoms with Crippen LogP contribution in [0, 0.1) is 0 Å². The molecule has 0 saturated carbocycles. The highest BCUT2D eigenvalue weighted by molar-refractivity contribution is 7.12. The van der Waals surface area contributed by atoms with E-state index in [2.05, 4.69) is 13.0 Å². The van der Waals surface area contributed by atoms with Gasteiger partial charge in [-0.15, -0.1) is 11.3 Å². The van der Waals surface area contributed by atoms with Crippen molar-refractivity contribution in [3.05, 3.63) is 51.7 Å². The van der Waals surface area contributed by atoms with E-state index in [9.17, 15) is 5.11 Å². The lowest BCUT2D eigenvalue weighted by Crippen LogP contribution is -1.96. The van der Waals surface area contributed by atoms with Gasteiger partial charge in [0.2, 0.25) is 0 Å². The third-order valence-corrected chi connectivity index (χ3v) is 4.01. The lowest BCUT2D eigenvalue weighted by molar-refractivity contribution is 0.224. The van der Waals surface area contributed by atoms with E-state index >= 15 is 0 Å². The van der Waals surface area contributed by atoms with Crippen LogP contribution in [0.3, 0.4) is 0 Å². The van der Waals surface area contributed by atoms with Gasteiger partial charge in [0.05, 0.1) is 7.11 Å². The van der Waals surface area contributed by atoms with E-state index < -0.39 is 6.10 Å². The van der Waals surface area contributed by atoms with Crippen LogP contribution in [0.2, 0.25) is 0 Å². The largest absolute Gasteiger partial charge is 0.497 e. The van der Waals surface area contributed by atoms with Gasteiger partial charge in [-0.05, 0) is 36.2 Å². The first-order valence-corrected chi connectivity index (χ1v) is 6.47. The van der Waals surface area contributed by atoms with Crippen LogP contribution in [0.15, 0.2) is 36.4 Å². The summed E-state index contributed by atoms with van der Waals surface area (Å²) in [4.78, 5) is 2.29. The fourth-order valence-corrected chi connectivity index (χ4v) is 2.65. The maximum atomic E-state index is 10.2. The van der Waals surface area contributed by atoms with Crippen molar-refractivity contribution in [2.24, 2.45) is 0 Å². The van der Waals surface area contributed by atoms with Crippen molar-refractivity contribution in [1.29, 1.82) is 0 Å². The number of aryl methyl sites for hydroxylation is 1. The first-order valence-electron chi connectivity index (χ1n) is 5.65. The van der Waals surface area contributed by atoms with Gasteiger partial charge in [-0.25, -0.2) is 0 Å². The van der Waals surface area contributed by atoms with E-state index in [4.69, 9.17) is 4.74 Å². The Morgan fingerprint density at radius 2 is 1.88 bits per heavy atom. The summed E-state index contributed by atoms with van der Waals surface area (Å²) < 4.78 is 5.10. The minimum atomic E-state index is -0.536. The van der Waals surface area contributed by atoms with Crippen LogP contribution in [-0.4, -0.2) is 12.2 Å². The summed E-state index contributed by atoms with van der Waals surface area (Å²) in [5, 5.41) is 10.2. The van der Waals surface area contributed by atoms with Gasteiger partial charge in [0.25, 0.3) is 0 Å². The van der Waals surface area contributed by atoms with Crippen molar-refractivity contribution in [3.63, 3.8) is 0 Å². The first kappa shape index (κ1) is 12.1. The van der Waals surface area contributed by atoms with Gasteiger partial charge in [-0.1, -0.05) is 19.1 Å². The van der Waals surface area contributed by atoms with Crippen LogP contribution in [0.25, 0.3) is 0 Å². The van der Waals surface area contributed by atoms with E-state index in [1.165, 1.54) is 4.88 Å². The Morgan fingerprint density at radius 3 is 2.41 bits per heavy atom. The average molecular weight is 248 g/mol. The molecule has 3 heteroatoms. The minimum Gasteiger partial charge on any atom is -0.497 e. The highest BCUT2D eigenvalue weighted by Crippen LogP contribution is 2.29. The van der Waals surface area contributed by atoms with Crippen molar-refractivity contribution in [3.8, 4) is 5.75 Å². The highest BCUT2D eigenvalue weighted by Gasteiger charge is 2.12. The van der Waals surface area contributed by atoms with E-state index in [-0.39, 0.29) is 0 Å². The third kappa shape index (κ3) is 2.68. The van der Waals surface area contributed by atoms with Crippen LogP contribution in [0.4, 0.5) is 0 Å². The number of aliphatic hydroxyl groups is 1. The molecular formula is C14H16O2S. The lowest BCUT2D eigenvalue weighted by Gasteiger charge is -2.09. The van der Waals surface area contributed by atoms with Crippen molar-refractivity contribution in [1.82, 2.24) is 0 Å². The predicted molar refractivity (Wildman–Crippen MR) is 70.8 cm³/mol. The average Bonchev–Trinajstić information content (AvgIpc) is 2.87. The zero-order valence-corrected chi connectivity index (χ0v) is 10.8. The molecule has 0 aliphatic heterocycles. The van der Waals surface area contributed by atoms with Gasteiger partial charge in [0.1, 0.15) is 11.9 Å².